The first kappa shape index (κ1) is 19.1. The number of rotatable bonds is 2. The molecule has 31 heavy (non-hydrogen) atoms. The predicted molar refractivity (Wildman–Crippen MR) is 114 cm³/mol. The highest BCUT2D eigenvalue weighted by Crippen LogP contribution is 2.55. The van der Waals surface area contributed by atoms with Crippen molar-refractivity contribution in [3.05, 3.63) is 41.5 Å². The van der Waals surface area contributed by atoms with E-state index in [0.717, 1.165) is 29.7 Å². The number of nitrogens with zero attached hydrogens (tertiary/aromatic N) is 3. The lowest BCUT2D eigenvalue weighted by atomic mass is 9.53. The van der Waals surface area contributed by atoms with Crippen LogP contribution in [0.5, 0.6) is 0 Å². The summed E-state index contributed by atoms with van der Waals surface area (Å²) in [5.74, 6) is 1.73. The van der Waals surface area contributed by atoms with Gasteiger partial charge in [-0.1, -0.05) is 0 Å². The topological polar surface area (TPSA) is 57.1 Å². The van der Waals surface area contributed by atoms with Gasteiger partial charge >= 0.3 is 0 Å². The minimum Gasteiger partial charge on any atom is -0.368 e. The Balaban J connectivity index is 1.31. The van der Waals surface area contributed by atoms with Gasteiger partial charge in [-0.25, -0.2) is 18.8 Å². The molecule has 5 nitrogen and oxygen atoms in total. The van der Waals surface area contributed by atoms with Crippen molar-refractivity contribution in [2.45, 2.75) is 63.6 Å². The highest BCUT2D eigenvalue weighted by Gasteiger charge is 2.51. The van der Waals surface area contributed by atoms with Crippen molar-refractivity contribution in [2.75, 3.05) is 0 Å². The maximum atomic E-state index is 14.4. The van der Waals surface area contributed by atoms with Crippen LogP contribution in [0.25, 0.3) is 5.57 Å². The van der Waals surface area contributed by atoms with Gasteiger partial charge in [0, 0.05) is 22.7 Å². The fourth-order valence-electron chi connectivity index (χ4n) is 6.98. The number of allylic oxidation sites excluding steroid dienone is 1. The van der Waals surface area contributed by atoms with Crippen LogP contribution >= 0.6 is 0 Å². The zero-order valence-corrected chi connectivity index (χ0v) is 17.6. The SMILES string of the molecule is CC1=NN2C(=O)CC(NC34CC5CC(CC(C5)C3)C4)=NC2C=C1c1ccc(F)cc1F. The van der Waals surface area contributed by atoms with E-state index in [-0.39, 0.29) is 23.4 Å². The maximum Gasteiger partial charge on any atom is 0.252 e. The molecule has 4 aliphatic carbocycles. The van der Waals surface area contributed by atoms with E-state index in [1.807, 2.05) is 0 Å². The summed E-state index contributed by atoms with van der Waals surface area (Å²) in [6.07, 6.45) is 8.92. The molecule has 4 fully saturated rings. The van der Waals surface area contributed by atoms with Gasteiger partial charge in [-0.15, -0.1) is 0 Å². The molecular formula is C24H26F2N4O. The minimum atomic E-state index is -0.646. The molecule has 4 bridgehead atoms. The molecule has 7 rings (SSSR count). The summed E-state index contributed by atoms with van der Waals surface area (Å²) in [6, 6.07) is 3.51. The van der Waals surface area contributed by atoms with E-state index in [0.29, 0.717) is 11.3 Å². The summed E-state index contributed by atoms with van der Waals surface area (Å²) in [5, 5.41) is 9.50. The lowest BCUT2D eigenvalue weighted by Crippen LogP contribution is -2.61. The molecule has 1 aromatic carbocycles. The number of fused-ring (bicyclic) bond motifs is 1. The van der Waals surface area contributed by atoms with Gasteiger partial charge < -0.3 is 5.32 Å². The van der Waals surface area contributed by atoms with Crippen molar-refractivity contribution in [2.24, 2.45) is 27.8 Å². The van der Waals surface area contributed by atoms with Crippen LogP contribution in [0.4, 0.5) is 8.78 Å². The van der Waals surface area contributed by atoms with Crippen LogP contribution in [0.1, 0.15) is 57.4 Å². The highest BCUT2D eigenvalue weighted by molar-refractivity contribution is 6.24. The number of hydrazone groups is 1. The van der Waals surface area contributed by atoms with E-state index in [9.17, 15) is 13.6 Å². The van der Waals surface area contributed by atoms with Crippen LogP contribution in [0.2, 0.25) is 0 Å². The van der Waals surface area contributed by atoms with Gasteiger partial charge in [0.25, 0.3) is 5.91 Å². The van der Waals surface area contributed by atoms with Gasteiger partial charge in [0.05, 0.1) is 12.1 Å². The second-order valence-corrected chi connectivity index (χ2v) is 10.1. The van der Waals surface area contributed by atoms with Crippen LogP contribution in [-0.4, -0.2) is 34.2 Å². The third kappa shape index (κ3) is 3.20. The molecular weight excluding hydrogens is 398 g/mol. The Morgan fingerprint density at radius 3 is 2.42 bits per heavy atom. The molecule has 1 aromatic rings. The normalized spacial score (nSPS) is 36.0. The zero-order valence-electron chi connectivity index (χ0n) is 17.6. The number of carbonyl (C=O) groups excluding carboxylic acids is 1. The number of amides is 1. The number of amidine groups is 1. The molecule has 7 heteroatoms. The Morgan fingerprint density at radius 2 is 1.77 bits per heavy atom. The number of hydrogen-bond acceptors (Lipinski definition) is 4. The van der Waals surface area contributed by atoms with Gasteiger partial charge in [-0.05, 0) is 81.4 Å². The number of nitrogens with one attached hydrogen (secondary N) is 1. The second kappa shape index (κ2) is 6.71. The Kier molecular flexibility index (Phi) is 4.14. The summed E-state index contributed by atoms with van der Waals surface area (Å²) >= 11 is 0. The molecule has 2 aliphatic heterocycles. The summed E-state index contributed by atoms with van der Waals surface area (Å²) < 4.78 is 27.8. The van der Waals surface area contributed by atoms with Gasteiger partial charge in [0.15, 0.2) is 6.17 Å². The van der Waals surface area contributed by atoms with Crippen LogP contribution < -0.4 is 5.32 Å². The highest BCUT2D eigenvalue weighted by atomic mass is 19.1. The molecule has 1 N–H and O–H groups in total. The lowest BCUT2D eigenvalue weighted by Gasteiger charge is -2.57. The number of hydrogen-bond donors (Lipinski definition) is 1. The first-order valence-electron chi connectivity index (χ1n) is 11.3. The van der Waals surface area contributed by atoms with Crippen molar-refractivity contribution in [3.8, 4) is 0 Å². The smallest absolute Gasteiger partial charge is 0.252 e. The molecule has 4 saturated carbocycles. The van der Waals surface area contributed by atoms with E-state index in [1.54, 1.807) is 13.0 Å². The molecule has 0 spiro atoms. The van der Waals surface area contributed by atoms with Crippen molar-refractivity contribution in [1.82, 2.24) is 10.3 Å². The Bertz CT molecular complexity index is 1020. The third-order valence-electron chi connectivity index (χ3n) is 7.75. The Morgan fingerprint density at radius 1 is 1.10 bits per heavy atom. The molecule has 2 heterocycles. The molecule has 1 amide bonds. The van der Waals surface area contributed by atoms with E-state index in [2.05, 4.69) is 10.4 Å². The predicted octanol–water partition coefficient (Wildman–Crippen LogP) is 4.25. The monoisotopic (exact) mass is 424 g/mol. The van der Waals surface area contributed by atoms with Crippen molar-refractivity contribution in [3.63, 3.8) is 0 Å². The van der Waals surface area contributed by atoms with Crippen LogP contribution in [-0.2, 0) is 4.79 Å². The molecule has 0 saturated heterocycles. The van der Waals surface area contributed by atoms with Crippen LogP contribution in [0.3, 0.4) is 0 Å². The number of benzene rings is 1. The summed E-state index contributed by atoms with van der Waals surface area (Å²) in [6.45, 7) is 1.73. The minimum absolute atomic E-state index is 0.0689. The quantitative estimate of drug-likeness (QED) is 0.772. The number of aliphatic imine (C=N–C) groups is 1. The van der Waals surface area contributed by atoms with E-state index >= 15 is 0 Å². The van der Waals surface area contributed by atoms with E-state index in [4.69, 9.17) is 4.99 Å². The Labute approximate surface area is 180 Å². The van der Waals surface area contributed by atoms with Gasteiger partial charge in [-0.3, -0.25) is 4.79 Å². The molecule has 1 unspecified atom stereocenters. The molecule has 0 aromatic heterocycles. The van der Waals surface area contributed by atoms with Crippen molar-refractivity contribution in [1.29, 1.82) is 0 Å². The van der Waals surface area contributed by atoms with Gasteiger partial charge in [0.1, 0.15) is 17.5 Å². The summed E-state index contributed by atoms with van der Waals surface area (Å²) in [5.41, 5.74) is 1.40. The van der Waals surface area contributed by atoms with E-state index in [1.165, 1.54) is 55.7 Å². The molecule has 162 valence electrons. The van der Waals surface area contributed by atoms with Crippen molar-refractivity contribution >= 4 is 23.0 Å². The first-order valence-corrected chi connectivity index (χ1v) is 11.3. The number of carbonyl (C=O) groups is 1. The largest absolute Gasteiger partial charge is 0.368 e. The van der Waals surface area contributed by atoms with Crippen LogP contribution in [0, 0.1) is 29.4 Å². The second-order valence-electron chi connectivity index (χ2n) is 10.1. The molecule has 6 aliphatic rings. The Hall–Kier alpha value is -2.57. The first-order chi connectivity index (χ1) is 14.9. The summed E-state index contributed by atoms with van der Waals surface area (Å²) in [7, 11) is 0. The number of halogens is 2. The van der Waals surface area contributed by atoms with Crippen LogP contribution in [0.15, 0.2) is 34.4 Å². The van der Waals surface area contributed by atoms with Gasteiger partial charge in [-0.2, -0.15) is 5.10 Å². The zero-order chi connectivity index (χ0) is 21.3. The average Bonchev–Trinajstić information content (AvgIpc) is 2.67. The van der Waals surface area contributed by atoms with Gasteiger partial charge in [0.2, 0.25) is 0 Å². The summed E-state index contributed by atoms with van der Waals surface area (Å²) in [4.78, 5) is 17.7. The fourth-order valence-corrected chi connectivity index (χ4v) is 6.98. The average molecular weight is 424 g/mol. The standard InChI is InChI=1S/C24H26F2N4O/c1-13-19(18-3-2-17(25)7-20(18)26)8-22-27-21(9-23(31)30(22)29-13)28-24-10-14-4-15(11-24)6-16(5-14)12-24/h2-3,7-8,14-16,22H,4-6,9-12H2,1H3,(H,27,28). The fraction of sp³-hybridized carbons (Fsp3) is 0.542. The molecule has 0 radical (unpaired) electrons. The lowest BCUT2D eigenvalue weighted by molar-refractivity contribution is -0.132. The third-order valence-corrected chi connectivity index (χ3v) is 7.75. The maximum absolute atomic E-state index is 14.4. The van der Waals surface area contributed by atoms with Crippen molar-refractivity contribution < 1.29 is 13.6 Å². The molecule has 1 atom stereocenters. The van der Waals surface area contributed by atoms with E-state index < -0.39 is 17.8 Å².